The number of carbonyl (C=O) groups is 2. The molecule has 0 unspecified atom stereocenters. The number of aromatic nitrogens is 4. The molecule has 0 aliphatic rings. The molecule has 2 aromatic heterocycles. The molecule has 0 aliphatic heterocycles. The molecule has 0 aliphatic carbocycles. The predicted octanol–water partition coefficient (Wildman–Crippen LogP) is 0.946. The number of benzene rings is 1. The van der Waals surface area contributed by atoms with E-state index in [0.717, 1.165) is 5.69 Å². The van der Waals surface area contributed by atoms with Crippen LogP contribution in [0.4, 0.5) is 5.69 Å². The van der Waals surface area contributed by atoms with E-state index in [1.807, 2.05) is 0 Å². The third-order valence-electron chi connectivity index (χ3n) is 3.54. The van der Waals surface area contributed by atoms with E-state index >= 15 is 0 Å². The fraction of sp³-hybridized carbons (Fsp3) is 0.118. The second kappa shape index (κ2) is 8.41. The van der Waals surface area contributed by atoms with Crippen LogP contribution in [-0.4, -0.2) is 37.7 Å². The molecule has 2 N–H and O–H groups in total. The Labute approximate surface area is 162 Å². The van der Waals surface area contributed by atoms with Crippen LogP contribution in [0.15, 0.2) is 64.5 Å². The molecule has 0 radical (unpaired) electrons. The van der Waals surface area contributed by atoms with Crippen LogP contribution >= 0.6 is 15.9 Å². The van der Waals surface area contributed by atoms with Crippen molar-refractivity contribution in [2.45, 2.75) is 6.54 Å². The van der Waals surface area contributed by atoms with Crippen molar-refractivity contribution >= 4 is 33.4 Å². The van der Waals surface area contributed by atoms with Crippen molar-refractivity contribution in [1.29, 1.82) is 0 Å². The highest BCUT2D eigenvalue weighted by Gasteiger charge is 2.08. The Hall–Kier alpha value is -3.27. The molecule has 138 valence electrons. The molecule has 0 spiro atoms. The third-order valence-corrected chi connectivity index (χ3v) is 4.01. The minimum absolute atomic E-state index is 0.168. The minimum atomic E-state index is -0.438. The van der Waals surface area contributed by atoms with Gasteiger partial charge in [0.2, 0.25) is 11.8 Å². The van der Waals surface area contributed by atoms with Crippen molar-refractivity contribution in [2.75, 3.05) is 11.9 Å². The number of pyridine rings is 1. The van der Waals surface area contributed by atoms with E-state index in [4.69, 9.17) is 0 Å². The largest absolute Gasteiger partial charge is 0.345 e. The molecule has 1 aromatic carbocycles. The van der Waals surface area contributed by atoms with Gasteiger partial charge in [0.1, 0.15) is 19.2 Å². The Balaban J connectivity index is 1.50. The number of carbonyl (C=O) groups excluding carboxylic acids is 2. The van der Waals surface area contributed by atoms with Crippen LogP contribution in [0.2, 0.25) is 0 Å². The number of rotatable bonds is 6. The van der Waals surface area contributed by atoms with Gasteiger partial charge in [-0.2, -0.15) is 5.10 Å². The predicted molar refractivity (Wildman–Crippen MR) is 101 cm³/mol. The van der Waals surface area contributed by atoms with Gasteiger partial charge in [-0.3, -0.25) is 14.4 Å². The van der Waals surface area contributed by atoms with E-state index in [1.165, 1.54) is 23.2 Å². The Morgan fingerprint density at radius 1 is 1.07 bits per heavy atom. The van der Waals surface area contributed by atoms with E-state index in [9.17, 15) is 14.4 Å². The van der Waals surface area contributed by atoms with Crippen molar-refractivity contribution in [2.24, 2.45) is 0 Å². The van der Waals surface area contributed by atoms with Gasteiger partial charge in [0.05, 0.1) is 12.2 Å². The number of amides is 2. The summed E-state index contributed by atoms with van der Waals surface area (Å²) in [6.07, 6.45) is 4.51. The van der Waals surface area contributed by atoms with Crippen LogP contribution in [0.3, 0.4) is 0 Å². The fourth-order valence-electron chi connectivity index (χ4n) is 2.26. The van der Waals surface area contributed by atoms with Crippen molar-refractivity contribution in [3.63, 3.8) is 0 Å². The molecular formula is C17H15BrN6O3. The molecule has 27 heavy (non-hydrogen) atoms. The zero-order valence-corrected chi connectivity index (χ0v) is 15.6. The number of halogens is 1. The van der Waals surface area contributed by atoms with E-state index in [-0.39, 0.29) is 24.6 Å². The number of nitrogens with one attached hydrogen (secondary N) is 2. The normalized spacial score (nSPS) is 10.4. The first kappa shape index (κ1) is 18.5. The Kier molecular flexibility index (Phi) is 5.77. The summed E-state index contributed by atoms with van der Waals surface area (Å²) in [4.78, 5) is 39.4. The van der Waals surface area contributed by atoms with Gasteiger partial charge in [-0.25, -0.2) is 9.67 Å². The van der Waals surface area contributed by atoms with E-state index in [1.54, 1.807) is 41.3 Å². The summed E-state index contributed by atoms with van der Waals surface area (Å²) in [6, 6.07) is 9.95. The first-order chi connectivity index (χ1) is 13.0. The average Bonchev–Trinajstić information content (AvgIpc) is 3.18. The van der Waals surface area contributed by atoms with E-state index < -0.39 is 5.91 Å². The molecule has 0 saturated carbocycles. The van der Waals surface area contributed by atoms with Gasteiger partial charge in [0.25, 0.3) is 5.56 Å². The standard InChI is InChI=1S/C17H15BrN6O3/c18-12-1-6-17(27)23(8-12)9-16(26)20-7-15(25)22-13-2-4-14(5-3-13)24-11-19-10-21-24/h1-6,8,10-11H,7,9H2,(H,20,26)(H,22,25). The lowest BCUT2D eigenvalue weighted by Crippen LogP contribution is -2.36. The summed E-state index contributed by atoms with van der Waals surface area (Å²) < 4.78 is 3.53. The summed E-state index contributed by atoms with van der Waals surface area (Å²) >= 11 is 3.24. The van der Waals surface area contributed by atoms with Gasteiger partial charge in [-0.1, -0.05) is 0 Å². The first-order valence-corrected chi connectivity index (χ1v) is 8.68. The number of hydrogen-bond acceptors (Lipinski definition) is 5. The molecule has 0 fully saturated rings. The average molecular weight is 431 g/mol. The number of hydrogen-bond donors (Lipinski definition) is 2. The Bertz CT molecular complexity index is 998. The Morgan fingerprint density at radius 2 is 1.85 bits per heavy atom. The summed E-state index contributed by atoms with van der Waals surface area (Å²) in [5.41, 5.74) is 1.09. The van der Waals surface area contributed by atoms with Crippen LogP contribution in [0, 0.1) is 0 Å². The Morgan fingerprint density at radius 3 is 2.56 bits per heavy atom. The maximum absolute atomic E-state index is 12.0. The van der Waals surface area contributed by atoms with Gasteiger partial charge in [-0.15, -0.1) is 0 Å². The maximum Gasteiger partial charge on any atom is 0.251 e. The van der Waals surface area contributed by atoms with Crippen LogP contribution in [-0.2, 0) is 16.1 Å². The molecule has 0 saturated heterocycles. The van der Waals surface area contributed by atoms with Crippen LogP contribution in [0.5, 0.6) is 0 Å². The monoisotopic (exact) mass is 430 g/mol. The zero-order valence-electron chi connectivity index (χ0n) is 14.0. The third kappa shape index (κ3) is 5.11. The molecule has 3 rings (SSSR count). The molecule has 0 bridgehead atoms. The lowest BCUT2D eigenvalue weighted by atomic mass is 10.3. The molecule has 3 aromatic rings. The van der Waals surface area contributed by atoms with E-state index in [2.05, 4.69) is 36.6 Å². The SMILES string of the molecule is O=C(Cn1cc(Br)ccc1=O)NCC(=O)Nc1ccc(-n2cncn2)cc1. The fourth-order valence-corrected chi connectivity index (χ4v) is 2.64. The van der Waals surface area contributed by atoms with Crippen LogP contribution in [0.25, 0.3) is 5.69 Å². The lowest BCUT2D eigenvalue weighted by Gasteiger charge is -2.09. The molecule has 10 heteroatoms. The molecule has 0 atom stereocenters. The summed E-state index contributed by atoms with van der Waals surface area (Å²) in [6.45, 7) is -0.370. The van der Waals surface area contributed by atoms with Crippen LogP contribution in [0.1, 0.15) is 0 Å². The smallest absolute Gasteiger partial charge is 0.251 e. The number of anilines is 1. The van der Waals surface area contributed by atoms with Gasteiger partial charge in [-0.05, 0) is 46.3 Å². The van der Waals surface area contributed by atoms with Gasteiger partial charge < -0.3 is 15.2 Å². The van der Waals surface area contributed by atoms with Crippen LogP contribution < -0.4 is 16.2 Å². The van der Waals surface area contributed by atoms with Crippen molar-refractivity contribution in [3.05, 3.63) is 70.1 Å². The summed E-state index contributed by atoms with van der Waals surface area (Å²) in [5.74, 6) is -0.815. The minimum Gasteiger partial charge on any atom is -0.345 e. The van der Waals surface area contributed by atoms with E-state index in [0.29, 0.717) is 10.2 Å². The van der Waals surface area contributed by atoms with Crippen molar-refractivity contribution < 1.29 is 9.59 Å². The summed E-state index contributed by atoms with van der Waals surface area (Å²) in [5, 5.41) is 9.18. The maximum atomic E-state index is 12.0. The second-order valence-electron chi connectivity index (χ2n) is 5.53. The quantitative estimate of drug-likeness (QED) is 0.604. The number of nitrogens with zero attached hydrogens (tertiary/aromatic N) is 4. The van der Waals surface area contributed by atoms with Gasteiger partial charge >= 0.3 is 0 Å². The first-order valence-electron chi connectivity index (χ1n) is 7.89. The highest BCUT2D eigenvalue weighted by atomic mass is 79.9. The van der Waals surface area contributed by atoms with Crippen molar-refractivity contribution in [3.8, 4) is 5.69 Å². The summed E-state index contributed by atoms with van der Waals surface area (Å²) in [7, 11) is 0. The highest BCUT2D eigenvalue weighted by molar-refractivity contribution is 9.10. The molecule has 9 nitrogen and oxygen atoms in total. The van der Waals surface area contributed by atoms with Crippen molar-refractivity contribution in [1.82, 2.24) is 24.6 Å². The second-order valence-corrected chi connectivity index (χ2v) is 6.44. The van der Waals surface area contributed by atoms with Gasteiger partial charge in [0, 0.05) is 22.4 Å². The molecule has 2 heterocycles. The van der Waals surface area contributed by atoms with Gasteiger partial charge in [0.15, 0.2) is 0 Å². The molecular weight excluding hydrogens is 416 g/mol. The zero-order chi connectivity index (χ0) is 19.2. The molecule has 2 amide bonds. The lowest BCUT2D eigenvalue weighted by molar-refractivity contribution is -0.124. The highest BCUT2D eigenvalue weighted by Crippen LogP contribution is 2.11. The topological polar surface area (TPSA) is 111 Å².